The molecule has 0 atom stereocenters. The highest BCUT2D eigenvalue weighted by Crippen LogP contribution is 2.36. The van der Waals surface area contributed by atoms with E-state index in [1.54, 1.807) is 38.3 Å². The lowest BCUT2D eigenvalue weighted by Crippen LogP contribution is -2.25. The number of nitrogens with zero attached hydrogens (tertiary/aromatic N) is 5. The van der Waals surface area contributed by atoms with Crippen molar-refractivity contribution in [2.24, 2.45) is 0 Å². The number of benzene rings is 1. The van der Waals surface area contributed by atoms with Crippen LogP contribution in [0.3, 0.4) is 0 Å². The average Bonchev–Trinajstić information content (AvgIpc) is 3.37. The van der Waals surface area contributed by atoms with Gasteiger partial charge in [-0.2, -0.15) is 9.61 Å². The second-order valence-corrected chi connectivity index (χ2v) is 9.50. The van der Waals surface area contributed by atoms with Crippen LogP contribution in [0.25, 0.3) is 23.0 Å². The van der Waals surface area contributed by atoms with Gasteiger partial charge in [0.1, 0.15) is 23.0 Å². The maximum atomic E-state index is 13.8. The molecule has 3 heterocycles. The lowest BCUT2D eigenvalue weighted by Gasteiger charge is -2.22. The highest BCUT2D eigenvalue weighted by atomic mass is 16.5. The summed E-state index contributed by atoms with van der Waals surface area (Å²) in [6, 6.07) is 9.07. The van der Waals surface area contributed by atoms with Gasteiger partial charge in [0.05, 0.1) is 33.2 Å². The van der Waals surface area contributed by atoms with Gasteiger partial charge in [0.15, 0.2) is 11.3 Å². The summed E-state index contributed by atoms with van der Waals surface area (Å²) in [4.78, 5) is 38.6. The fourth-order valence-electron chi connectivity index (χ4n) is 4.69. The quantitative estimate of drug-likeness (QED) is 0.231. The van der Waals surface area contributed by atoms with Gasteiger partial charge in [-0.15, -0.1) is 0 Å². The SMILES string of the molecule is CCCCN(CC)c1ccc(C=c2c(C(=O)OC)nn3c(=O)c(OCC)c(-c4cc(OC)ccc4OC)nc23)c(C)n1. The molecule has 0 N–H and O–H groups in total. The van der Waals surface area contributed by atoms with Crippen molar-refractivity contribution < 1.29 is 23.7 Å². The topological polar surface area (TPSA) is 117 Å². The zero-order valence-corrected chi connectivity index (χ0v) is 25.2. The first-order valence-corrected chi connectivity index (χ1v) is 14.0. The van der Waals surface area contributed by atoms with E-state index < -0.39 is 11.5 Å². The van der Waals surface area contributed by atoms with E-state index in [1.165, 1.54) is 14.2 Å². The van der Waals surface area contributed by atoms with E-state index in [2.05, 4.69) is 23.8 Å². The van der Waals surface area contributed by atoms with Crippen LogP contribution in [0.2, 0.25) is 0 Å². The number of aromatic nitrogens is 4. The Labute approximate surface area is 244 Å². The Hall–Kier alpha value is -4.67. The van der Waals surface area contributed by atoms with E-state index in [0.29, 0.717) is 22.3 Å². The molecule has 0 bridgehead atoms. The molecule has 0 unspecified atom stereocenters. The lowest BCUT2D eigenvalue weighted by atomic mass is 10.1. The van der Waals surface area contributed by atoms with Crippen LogP contribution in [0.4, 0.5) is 5.82 Å². The molecule has 1 aromatic carbocycles. The van der Waals surface area contributed by atoms with Gasteiger partial charge < -0.3 is 23.8 Å². The van der Waals surface area contributed by atoms with E-state index in [0.717, 1.165) is 47.5 Å². The standard InChI is InChI=1S/C31H37N5O6/c1-8-11-16-35(9-2)25-15-12-20(19(4)32-25)17-23-27(31(38)41-7)34-36-29(23)33-26(28(30(36)37)42-10-3)22-18-21(39-5)13-14-24(22)40-6/h12-15,17-18H,8-11,16H2,1-7H3. The fourth-order valence-corrected chi connectivity index (χ4v) is 4.69. The highest BCUT2D eigenvalue weighted by Gasteiger charge is 2.25. The normalized spacial score (nSPS) is 11.5. The maximum Gasteiger partial charge on any atom is 0.359 e. The minimum atomic E-state index is -0.705. The van der Waals surface area contributed by atoms with Crippen molar-refractivity contribution in [1.29, 1.82) is 0 Å². The van der Waals surface area contributed by atoms with E-state index in [4.69, 9.17) is 28.9 Å². The number of ether oxygens (including phenoxy) is 4. The fraction of sp³-hybridized carbons (Fsp3) is 0.387. The molecule has 222 valence electrons. The number of methoxy groups -OCH3 is 3. The Morgan fingerprint density at radius 2 is 1.83 bits per heavy atom. The zero-order chi connectivity index (χ0) is 30.4. The molecule has 42 heavy (non-hydrogen) atoms. The number of carbonyl (C=O) groups is 1. The van der Waals surface area contributed by atoms with Crippen molar-refractivity contribution in [2.45, 2.75) is 40.5 Å². The van der Waals surface area contributed by atoms with E-state index in [9.17, 15) is 9.59 Å². The molecule has 0 saturated heterocycles. The summed E-state index contributed by atoms with van der Waals surface area (Å²) in [6.45, 7) is 9.89. The molecule has 4 aromatic rings. The van der Waals surface area contributed by atoms with Gasteiger partial charge in [-0.05, 0) is 69.2 Å². The van der Waals surface area contributed by atoms with Crippen LogP contribution in [-0.2, 0) is 4.74 Å². The largest absolute Gasteiger partial charge is 0.497 e. The Bertz CT molecular complexity index is 1700. The molecule has 0 aliphatic rings. The highest BCUT2D eigenvalue weighted by molar-refractivity contribution is 5.90. The molecule has 0 aliphatic carbocycles. The van der Waals surface area contributed by atoms with Gasteiger partial charge >= 0.3 is 11.5 Å². The third kappa shape index (κ3) is 5.86. The van der Waals surface area contributed by atoms with Crippen LogP contribution in [0.5, 0.6) is 17.2 Å². The second-order valence-electron chi connectivity index (χ2n) is 9.50. The summed E-state index contributed by atoms with van der Waals surface area (Å²) in [5, 5.41) is 4.65. The summed E-state index contributed by atoms with van der Waals surface area (Å²) >= 11 is 0. The van der Waals surface area contributed by atoms with Gasteiger partial charge in [-0.25, -0.2) is 14.8 Å². The maximum absolute atomic E-state index is 13.8. The lowest BCUT2D eigenvalue weighted by molar-refractivity contribution is 0.0592. The molecule has 3 aromatic heterocycles. The summed E-state index contributed by atoms with van der Waals surface area (Å²) in [5.74, 6) is 1.15. The smallest absolute Gasteiger partial charge is 0.359 e. The Morgan fingerprint density at radius 1 is 1.05 bits per heavy atom. The molecule has 0 radical (unpaired) electrons. The van der Waals surface area contributed by atoms with Gasteiger partial charge in [0.25, 0.3) is 0 Å². The Balaban J connectivity index is 2.02. The Morgan fingerprint density at radius 3 is 2.45 bits per heavy atom. The molecule has 0 amide bonds. The van der Waals surface area contributed by atoms with Gasteiger partial charge in [0.2, 0.25) is 5.75 Å². The molecule has 11 nitrogen and oxygen atoms in total. The Kier molecular flexibility index (Phi) is 9.61. The molecule has 0 aliphatic heterocycles. The molecule has 0 fully saturated rings. The van der Waals surface area contributed by atoms with Crippen molar-refractivity contribution in [3.05, 3.63) is 62.9 Å². The minimum Gasteiger partial charge on any atom is -0.497 e. The zero-order valence-electron chi connectivity index (χ0n) is 25.2. The first kappa shape index (κ1) is 30.3. The number of unbranched alkanes of at least 4 members (excludes halogenated alkanes) is 1. The number of hydrogen-bond donors (Lipinski definition) is 0. The first-order valence-electron chi connectivity index (χ1n) is 14.0. The van der Waals surface area contributed by atoms with Crippen LogP contribution in [0.1, 0.15) is 55.4 Å². The van der Waals surface area contributed by atoms with Crippen LogP contribution < -0.4 is 29.9 Å². The molecule has 0 saturated carbocycles. The molecular weight excluding hydrogens is 538 g/mol. The minimum absolute atomic E-state index is 0.0315. The molecule has 11 heteroatoms. The third-order valence-corrected chi connectivity index (χ3v) is 6.94. The van der Waals surface area contributed by atoms with Crippen molar-refractivity contribution in [2.75, 3.05) is 45.9 Å². The van der Waals surface area contributed by atoms with Crippen molar-refractivity contribution in [3.63, 3.8) is 0 Å². The van der Waals surface area contributed by atoms with E-state index >= 15 is 0 Å². The first-order chi connectivity index (χ1) is 20.3. The monoisotopic (exact) mass is 575 g/mol. The summed E-state index contributed by atoms with van der Waals surface area (Å²) in [6.07, 6.45) is 3.92. The van der Waals surface area contributed by atoms with E-state index in [1.807, 2.05) is 19.1 Å². The summed E-state index contributed by atoms with van der Waals surface area (Å²) in [5.41, 5.74) is 1.74. The van der Waals surface area contributed by atoms with Gasteiger partial charge in [0, 0.05) is 24.3 Å². The summed E-state index contributed by atoms with van der Waals surface area (Å²) < 4.78 is 22.9. The number of rotatable bonds is 12. The summed E-state index contributed by atoms with van der Waals surface area (Å²) in [7, 11) is 4.33. The number of anilines is 1. The second kappa shape index (κ2) is 13.3. The number of fused-ring (bicyclic) bond motifs is 1. The van der Waals surface area contributed by atoms with Crippen LogP contribution in [0.15, 0.2) is 35.1 Å². The predicted molar refractivity (Wildman–Crippen MR) is 161 cm³/mol. The predicted octanol–water partition coefficient (Wildman–Crippen LogP) is 3.84. The third-order valence-electron chi connectivity index (χ3n) is 6.94. The van der Waals surface area contributed by atoms with Crippen molar-refractivity contribution >= 4 is 23.5 Å². The van der Waals surface area contributed by atoms with Crippen molar-refractivity contribution in [3.8, 4) is 28.5 Å². The average molecular weight is 576 g/mol. The van der Waals surface area contributed by atoms with E-state index in [-0.39, 0.29) is 29.4 Å². The van der Waals surface area contributed by atoms with Crippen molar-refractivity contribution in [1.82, 2.24) is 19.6 Å². The number of pyridine rings is 1. The number of carbonyl (C=O) groups excluding carboxylic acids is 1. The van der Waals surface area contributed by atoms with Crippen LogP contribution in [0, 0.1) is 6.92 Å². The molecular formula is C31H37N5O6. The number of esters is 1. The molecule has 0 spiro atoms. The van der Waals surface area contributed by atoms with Gasteiger partial charge in [-0.3, -0.25) is 4.79 Å². The van der Waals surface area contributed by atoms with Crippen LogP contribution >= 0.6 is 0 Å². The number of hydrogen-bond acceptors (Lipinski definition) is 10. The molecule has 4 rings (SSSR count). The van der Waals surface area contributed by atoms with Gasteiger partial charge in [-0.1, -0.05) is 13.3 Å². The van der Waals surface area contributed by atoms with Crippen LogP contribution in [-0.4, -0.2) is 66.6 Å². The number of aryl methyl sites for hydroxylation is 1.